The zero-order chi connectivity index (χ0) is 13.5. The molecule has 0 fully saturated rings. The zero-order valence-electron chi connectivity index (χ0n) is 10.2. The number of carbonyl (C=O) groups is 1. The Balaban J connectivity index is 2.89. The molecule has 7 heteroatoms. The normalized spacial score (nSPS) is 9.89. The van der Waals surface area contributed by atoms with Crippen molar-refractivity contribution < 1.29 is 14.5 Å². The van der Waals surface area contributed by atoms with Gasteiger partial charge in [-0.15, -0.1) is 0 Å². The third-order valence-corrected chi connectivity index (χ3v) is 2.24. The Kier molecular flexibility index (Phi) is 5.06. The number of hydrogen-bond acceptors (Lipinski definition) is 5. The number of nitro groups is 1. The summed E-state index contributed by atoms with van der Waals surface area (Å²) in [6.45, 7) is 0.277. The molecule has 98 valence electrons. The van der Waals surface area contributed by atoms with Crippen LogP contribution in [0.4, 0.5) is 5.69 Å². The molecule has 2 N–H and O–H groups in total. The topological polar surface area (TPSA) is 93.5 Å². The molecule has 7 nitrogen and oxygen atoms in total. The van der Waals surface area contributed by atoms with E-state index in [1.165, 1.54) is 19.2 Å². The van der Waals surface area contributed by atoms with Crippen LogP contribution in [0, 0.1) is 10.1 Å². The Hall–Kier alpha value is -2.15. The number of amides is 1. The Bertz CT molecular complexity index is 448. The zero-order valence-corrected chi connectivity index (χ0v) is 10.2. The van der Waals surface area contributed by atoms with Gasteiger partial charge in [0.2, 0.25) is 0 Å². The molecule has 1 aromatic rings. The summed E-state index contributed by atoms with van der Waals surface area (Å²) in [5.41, 5.74) is 0.628. The van der Waals surface area contributed by atoms with E-state index in [0.29, 0.717) is 6.54 Å². The fourth-order valence-electron chi connectivity index (χ4n) is 1.36. The first-order valence-corrected chi connectivity index (χ1v) is 5.33. The molecule has 18 heavy (non-hydrogen) atoms. The quantitative estimate of drug-likeness (QED) is 0.566. The van der Waals surface area contributed by atoms with Crippen LogP contribution in [0.15, 0.2) is 18.2 Å². The maximum atomic E-state index is 11.0. The maximum absolute atomic E-state index is 11.0. The summed E-state index contributed by atoms with van der Waals surface area (Å²) >= 11 is 0. The SMILES string of the molecule is CNCc1ccc(OCC(=O)NC)c([N+](=O)[O-])c1. The molecule has 0 aliphatic carbocycles. The molecule has 0 aliphatic heterocycles. The number of carbonyl (C=O) groups excluding carboxylic acids is 1. The molecule has 1 aromatic carbocycles. The van der Waals surface area contributed by atoms with Crippen LogP contribution >= 0.6 is 0 Å². The predicted octanol–water partition coefficient (Wildman–Crippen LogP) is 0.439. The van der Waals surface area contributed by atoms with E-state index in [4.69, 9.17) is 4.74 Å². The average molecular weight is 253 g/mol. The van der Waals surface area contributed by atoms with E-state index in [0.717, 1.165) is 5.56 Å². The molecule has 0 aromatic heterocycles. The van der Waals surface area contributed by atoms with Crippen molar-refractivity contribution in [3.05, 3.63) is 33.9 Å². The molecule has 0 unspecified atom stereocenters. The molecule has 1 rings (SSSR count). The average Bonchev–Trinajstić information content (AvgIpc) is 2.36. The highest BCUT2D eigenvalue weighted by molar-refractivity contribution is 5.77. The smallest absolute Gasteiger partial charge is 0.311 e. The van der Waals surface area contributed by atoms with Gasteiger partial charge in [0, 0.05) is 19.7 Å². The summed E-state index contributed by atoms with van der Waals surface area (Å²) < 4.78 is 5.11. The van der Waals surface area contributed by atoms with Gasteiger partial charge in [-0.3, -0.25) is 14.9 Å². The van der Waals surface area contributed by atoms with Crippen molar-refractivity contribution in [2.45, 2.75) is 6.54 Å². The van der Waals surface area contributed by atoms with E-state index in [2.05, 4.69) is 10.6 Å². The lowest BCUT2D eigenvalue weighted by Crippen LogP contribution is -2.25. The maximum Gasteiger partial charge on any atom is 0.311 e. The molecule has 1 amide bonds. The minimum atomic E-state index is -0.529. The molecule has 0 atom stereocenters. The van der Waals surface area contributed by atoms with Crippen LogP contribution in [-0.4, -0.2) is 31.5 Å². The van der Waals surface area contributed by atoms with E-state index < -0.39 is 4.92 Å². The Morgan fingerprint density at radius 2 is 2.17 bits per heavy atom. The third kappa shape index (κ3) is 3.70. The monoisotopic (exact) mass is 253 g/mol. The summed E-state index contributed by atoms with van der Waals surface area (Å²) in [6, 6.07) is 4.63. The second-order valence-corrected chi connectivity index (χ2v) is 3.55. The standard InChI is InChI=1S/C11H15N3O4/c1-12-6-8-3-4-10(9(5-8)14(16)17)18-7-11(15)13-2/h3-5,12H,6-7H2,1-2H3,(H,13,15). The third-order valence-electron chi connectivity index (χ3n) is 2.24. The van der Waals surface area contributed by atoms with E-state index in [9.17, 15) is 14.9 Å². The molecule has 0 saturated carbocycles. The summed E-state index contributed by atoms with van der Waals surface area (Å²) in [4.78, 5) is 21.4. The molecule has 0 heterocycles. The lowest BCUT2D eigenvalue weighted by molar-refractivity contribution is -0.385. The highest BCUT2D eigenvalue weighted by Crippen LogP contribution is 2.27. The molecule has 0 spiro atoms. The van der Waals surface area contributed by atoms with Crippen molar-refractivity contribution in [1.29, 1.82) is 0 Å². The predicted molar refractivity (Wildman–Crippen MR) is 65.4 cm³/mol. The number of likely N-dealkylation sites (N-methyl/N-ethyl adjacent to an activating group) is 1. The summed E-state index contributed by atoms with van der Waals surface area (Å²) in [7, 11) is 3.22. The fourth-order valence-corrected chi connectivity index (χ4v) is 1.36. The number of rotatable bonds is 6. The van der Waals surface area contributed by atoms with Gasteiger partial charge in [-0.1, -0.05) is 6.07 Å². The minimum absolute atomic E-state index is 0.0865. The van der Waals surface area contributed by atoms with E-state index in [1.54, 1.807) is 13.1 Å². The van der Waals surface area contributed by atoms with Crippen molar-refractivity contribution in [3.8, 4) is 5.75 Å². The molecule has 0 saturated heterocycles. The summed E-state index contributed by atoms with van der Waals surface area (Å²) in [5.74, 6) is -0.257. The van der Waals surface area contributed by atoms with Gasteiger partial charge in [0.25, 0.3) is 5.91 Å². The minimum Gasteiger partial charge on any atom is -0.477 e. The van der Waals surface area contributed by atoms with Crippen LogP contribution < -0.4 is 15.4 Å². The number of nitrogens with one attached hydrogen (secondary N) is 2. The van der Waals surface area contributed by atoms with E-state index in [-0.39, 0.29) is 24.0 Å². The number of benzene rings is 1. The van der Waals surface area contributed by atoms with Crippen LogP contribution in [0.2, 0.25) is 0 Å². The highest BCUT2D eigenvalue weighted by Gasteiger charge is 2.16. The fraction of sp³-hybridized carbons (Fsp3) is 0.364. The number of nitrogens with zero attached hydrogens (tertiary/aromatic N) is 1. The Morgan fingerprint density at radius 3 is 2.72 bits per heavy atom. The van der Waals surface area contributed by atoms with Gasteiger partial charge in [-0.25, -0.2) is 0 Å². The second-order valence-electron chi connectivity index (χ2n) is 3.55. The van der Waals surface area contributed by atoms with Gasteiger partial charge in [0.05, 0.1) is 4.92 Å². The lowest BCUT2D eigenvalue weighted by Gasteiger charge is -2.07. The number of ether oxygens (including phenoxy) is 1. The first-order valence-electron chi connectivity index (χ1n) is 5.33. The van der Waals surface area contributed by atoms with Gasteiger partial charge >= 0.3 is 5.69 Å². The molecule has 0 radical (unpaired) electrons. The van der Waals surface area contributed by atoms with Crippen LogP contribution in [0.25, 0.3) is 0 Å². The Morgan fingerprint density at radius 1 is 1.44 bits per heavy atom. The van der Waals surface area contributed by atoms with Crippen molar-refractivity contribution in [1.82, 2.24) is 10.6 Å². The molecule has 0 bridgehead atoms. The van der Waals surface area contributed by atoms with Gasteiger partial charge in [-0.05, 0) is 18.7 Å². The molecule has 0 aliphatic rings. The molecular formula is C11H15N3O4. The van der Waals surface area contributed by atoms with Gasteiger partial charge in [0.15, 0.2) is 12.4 Å². The van der Waals surface area contributed by atoms with Crippen LogP contribution in [0.5, 0.6) is 5.75 Å². The summed E-state index contributed by atoms with van der Waals surface area (Å²) in [6.07, 6.45) is 0. The summed E-state index contributed by atoms with van der Waals surface area (Å²) in [5, 5.41) is 16.2. The Labute approximate surface area is 104 Å². The molecular weight excluding hydrogens is 238 g/mol. The van der Waals surface area contributed by atoms with Crippen molar-refractivity contribution >= 4 is 11.6 Å². The second kappa shape index (κ2) is 6.55. The van der Waals surface area contributed by atoms with Crippen molar-refractivity contribution in [2.24, 2.45) is 0 Å². The largest absolute Gasteiger partial charge is 0.477 e. The number of hydrogen-bond donors (Lipinski definition) is 2. The van der Waals surface area contributed by atoms with Crippen LogP contribution in [0.1, 0.15) is 5.56 Å². The van der Waals surface area contributed by atoms with E-state index >= 15 is 0 Å². The lowest BCUT2D eigenvalue weighted by atomic mass is 10.2. The van der Waals surface area contributed by atoms with Gasteiger partial charge in [0.1, 0.15) is 0 Å². The highest BCUT2D eigenvalue weighted by atomic mass is 16.6. The van der Waals surface area contributed by atoms with Crippen molar-refractivity contribution in [3.63, 3.8) is 0 Å². The number of nitro benzene ring substituents is 1. The first-order chi connectivity index (χ1) is 8.58. The first kappa shape index (κ1) is 13.9. The van der Waals surface area contributed by atoms with Gasteiger partial charge in [-0.2, -0.15) is 0 Å². The van der Waals surface area contributed by atoms with E-state index in [1.807, 2.05) is 0 Å². The van der Waals surface area contributed by atoms with Gasteiger partial charge < -0.3 is 15.4 Å². The van der Waals surface area contributed by atoms with Crippen LogP contribution in [-0.2, 0) is 11.3 Å². The van der Waals surface area contributed by atoms with Crippen molar-refractivity contribution in [2.75, 3.05) is 20.7 Å². The van der Waals surface area contributed by atoms with Crippen LogP contribution in [0.3, 0.4) is 0 Å².